The van der Waals surface area contributed by atoms with Crippen LogP contribution < -0.4 is 5.32 Å². The summed E-state index contributed by atoms with van der Waals surface area (Å²) in [5.74, 6) is -1.36. The van der Waals surface area contributed by atoms with Gasteiger partial charge in [-0.05, 0) is 30.7 Å². The molecular weight excluding hydrogens is 296 g/mol. The lowest BCUT2D eigenvalue weighted by Gasteiger charge is -2.07. The number of hydrogen-bond acceptors (Lipinski definition) is 4. The van der Waals surface area contributed by atoms with E-state index in [9.17, 15) is 9.59 Å². The Labute approximate surface area is 125 Å². The molecule has 1 heterocycles. The van der Waals surface area contributed by atoms with Crippen molar-refractivity contribution < 1.29 is 14.7 Å². The topological polar surface area (TPSA) is 97.1 Å². The number of aryl methyl sites for hydroxylation is 1. The van der Waals surface area contributed by atoms with Crippen LogP contribution in [-0.4, -0.2) is 38.5 Å². The van der Waals surface area contributed by atoms with E-state index in [1.807, 2.05) is 0 Å². The predicted octanol–water partition coefficient (Wildman–Crippen LogP) is 1.37. The Kier molecular flexibility index (Phi) is 4.54. The van der Waals surface area contributed by atoms with Crippen molar-refractivity contribution in [3.63, 3.8) is 0 Å². The maximum absolute atomic E-state index is 12.0. The fourth-order valence-corrected chi connectivity index (χ4v) is 1.99. The van der Waals surface area contributed by atoms with Crippen LogP contribution >= 0.6 is 11.6 Å². The summed E-state index contributed by atoms with van der Waals surface area (Å²) >= 11 is 5.84. The van der Waals surface area contributed by atoms with Crippen LogP contribution in [0.3, 0.4) is 0 Å². The number of aromatic carboxylic acids is 1. The minimum atomic E-state index is -1.14. The van der Waals surface area contributed by atoms with Crippen LogP contribution in [0.15, 0.2) is 24.4 Å². The number of carboxylic acid groups (broad SMARTS) is 1. The van der Waals surface area contributed by atoms with Crippen LogP contribution in [-0.2, 0) is 6.54 Å². The van der Waals surface area contributed by atoms with Crippen molar-refractivity contribution in [1.82, 2.24) is 20.3 Å². The van der Waals surface area contributed by atoms with Crippen molar-refractivity contribution in [1.29, 1.82) is 0 Å². The number of amides is 1. The van der Waals surface area contributed by atoms with Gasteiger partial charge >= 0.3 is 5.97 Å². The zero-order chi connectivity index (χ0) is 15.4. The second kappa shape index (κ2) is 6.36. The number of benzene rings is 1. The Bertz CT molecular complexity index is 684. The highest BCUT2D eigenvalue weighted by Gasteiger charge is 2.10. The lowest BCUT2D eigenvalue weighted by atomic mass is 10.1. The van der Waals surface area contributed by atoms with E-state index < -0.39 is 5.97 Å². The van der Waals surface area contributed by atoms with Gasteiger partial charge in [-0.3, -0.25) is 4.79 Å². The van der Waals surface area contributed by atoms with E-state index in [1.54, 1.807) is 25.1 Å². The molecule has 8 heteroatoms. The van der Waals surface area contributed by atoms with Crippen LogP contribution in [0.4, 0.5) is 0 Å². The lowest BCUT2D eigenvalue weighted by molar-refractivity contribution is 0.0690. The zero-order valence-corrected chi connectivity index (χ0v) is 12.0. The van der Waals surface area contributed by atoms with Crippen LogP contribution in [0.25, 0.3) is 0 Å². The standard InChI is InChI=1S/C13H13ClN4O3/c1-8-6-9(14)2-3-10(8)12(19)15-4-5-18-7-11(13(20)21)16-17-18/h2-3,6-7H,4-5H2,1H3,(H,15,19)(H,20,21). The van der Waals surface area contributed by atoms with Crippen molar-refractivity contribution in [2.45, 2.75) is 13.5 Å². The Morgan fingerprint density at radius 1 is 1.43 bits per heavy atom. The number of halogens is 1. The maximum atomic E-state index is 12.0. The van der Waals surface area contributed by atoms with Gasteiger partial charge in [0.15, 0.2) is 5.69 Å². The molecule has 21 heavy (non-hydrogen) atoms. The van der Waals surface area contributed by atoms with Crippen LogP contribution in [0.1, 0.15) is 26.4 Å². The van der Waals surface area contributed by atoms with Gasteiger partial charge in [-0.1, -0.05) is 16.8 Å². The number of carboxylic acids is 1. The molecule has 0 unspecified atom stereocenters. The Balaban J connectivity index is 1.90. The van der Waals surface area contributed by atoms with Gasteiger partial charge in [0.1, 0.15) is 0 Å². The Morgan fingerprint density at radius 2 is 2.19 bits per heavy atom. The molecule has 0 spiro atoms. The minimum absolute atomic E-state index is 0.130. The molecular formula is C13H13ClN4O3. The van der Waals surface area contributed by atoms with Gasteiger partial charge in [0.2, 0.25) is 0 Å². The molecule has 1 amide bonds. The average molecular weight is 309 g/mol. The van der Waals surface area contributed by atoms with Crippen molar-refractivity contribution in [2.75, 3.05) is 6.54 Å². The highest BCUT2D eigenvalue weighted by molar-refractivity contribution is 6.30. The summed E-state index contributed by atoms with van der Waals surface area (Å²) in [6.45, 7) is 2.44. The van der Waals surface area contributed by atoms with E-state index in [0.717, 1.165) is 5.56 Å². The highest BCUT2D eigenvalue weighted by atomic mass is 35.5. The van der Waals surface area contributed by atoms with E-state index in [-0.39, 0.29) is 11.6 Å². The lowest BCUT2D eigenvalue weighted by Crippen LogP contribution is -2.28. The van der Waals surface area contributed by atoms with Crippen molar-refractivity contribution >= 4 is 23.5 Å². The minimum Gasteiger partial charge on any atom is -0.476 e. The average Bonchev–Trinajstić information content (AvgIpc) is 2.87. The monoisotopic (exact) mass is 308 g/mol. The molecule has 0 saturated heterocycles. The molecule has 7 nitrogen and oxygen atoms in total. The molecule has 0 bridgehead atoms. The van der Waals surface area contributed by atoms with Gasteiger partial charge in [-0.2, -0.15) is 0 Å². The van der Waals surface area contributed by atoms with Crippen LogP contribution in [0.2, 0.25) is 5.02 Å². The summed E-state index contributed by atoms with van der Waals surface area (Å²) in [5, 5.41) is 19.2. The Hall–Kier alpha value is -2.41. The van der Waals surface area contributed by atoms with Crippen molar-refractivity contribution in [3.05, 3.63) is 46.2 Å². The van der Waals surface area contributed by atoms with E-state index >= 15 is 0 Å². The molecule has 0 aliphatic carbocycles. The molecule has 0 fully saturated rings. The first kappa shape index (κ1) is 15.0. The Morgan fingerprint density at radius 3 is 2.81 bits per heavy atom. The molecule has 1 aromatic heterocycles. The maximum Gasteiger partial charge on any atom is 0.358 e. The zero-order valence-electron chi connectivity index (χ0n) is 11.2. The van der Waals surface area contributed by atoms with E-state index in [1.165, 1.54) is 10.9 Å². The van der Waals surface area contributed by atoms with Gasteiger partial charge in [-0.15, -0.1) is 5.10 Å². The number of nitrogens with zero attached hydrogens (tertiary/aromatic N) is 3. The normalized spacial score (nSPS) is 10.4. The summed E-state index contributed by atoms with van der Waals surface area (Å²) in [6.07, 6.45) is 1.31. The number of hydrogen-bond donors (Lipinski definition) is 2. The van der Waals surface area contributed by atoms with Crippen LogP contribution in [0.5, 0.6) is 0 Å². The molecule has 0 atom stereocenters. The molecule has 110 valence electrons. The van der Waals surface area contributed by atoms with Gasteiger partial charge in [0.25, 0.3) is 5.91 Å². The number of carbonyl (C=O) groups excluding carboxylic acids is 1. The number of carbonyl (C=O) groups is 2. The predicted molar refractivity (Wildman–Crippen MR) is 75.5 cm³/mol. The van der Waals surface area contributed by atoms with Crippen molar-refractivity contribution in [3.8, 4) is 0 Å². The molecule has 2 N–H and O–H groups in total. The van der Waals surface area contributed by atoms with E-state index in [0.29, 0.717) is 23.7 Å². The molecule has 2 aromatic rings. The van der Waals surface area contributed by atoms with Gasteiger partial charge in [-0.25, -0.2) is 9.48 Å². The number of rotatable bonds is 5. The molecule has 0 saturated carbocycles. The highest BCUT2D eigenvalue weighted by Crippen LogP contribution is 2.14. The SMILES string of the molecule is Cc1cc(Cl)ccc1C(=O)NCCn1cc(C(=O)O)nn1. The molecule has 2 rings (SSSR count). The van der Waals surface area contributed by atoms with Gasteiger partial charge in [0, 0.05) is 17.1 Å². The summed E-state index contributed by atoms with van der Waals surface area (Å²) in [4.78, 5) is 22.6. The van der Waals surface area contributed by atoms with E-state index in [2.05, 4.69) is 15.6 Å². The summed E-state index contributed by atoms with van der Waals surface area (Å²) < 4.78 is 1.36. The van der Waals surface area contributed by atoms with Gasteiger partial charge in [0.05, 0.1) is 12.7 Å². The first-order valence-electron chi connectivity index (χ1n) is 6.15. The fourth-order valence-electron chi connectivity index (χ4n) is 1.77. The second-order valence-electron chi connectivity index (χ2n) is 4.39. The molecule has 0 radical (unpaired) electrons. The first-order chi connectivity index (χ1) is 9.97. The fraction of sp³-hybridized carbons (Fsp3) is 0.231. The number of nitrogens with one attached hydrogen (secondary N) is 1. The van der Waals surface area contributed by atoms with Crippen molar-refractivity contribution in [2.24, 2.45) is 0 Å². The largest absolute Gasteiger partial charge is 0.476 e. The first-order valence-corrected chi connectivity index (χ1v) is 6.53. The number of aromatic nitrogens is 3. The van der Waals surface area contributed by atoms with Crippen LogP contribution in [0, 0.1) is 6.92 Å². The third-order valence-electron chi connectivity index (χ3n) is 2.82. The molecule has 0 aliphatic heterocycles. The quantitative estimate of drug-likeness (QED) is 0.869. The van der Waals surface area contributed by atoms with E-state index in [4.69, 9.17) is 16.7 Å². The molecule has 1 aromatic carbocycles. The third-order valence-corrected chi connectivity index (χ3v) is 3.05. The summed E-state index contributed by atoms with van der Waals surface area (Å²) in [5.41, 5.74) is 1.20. The second-order valence-corrected chi connectivity index (χ2v) is 4.82. The summed E-state index contributed by atoms with van der Waals surface area (Å²) in [7, 11) is 0. The smallest absolute Gasteiger partial charge is 0.358 e. The third kappa shape index (κ3) is 3.79. The van der Waals surface area contributed by atoms with Gasteiger partial charge < -0.3 is 10.4 Å². The molecule has 0 aliphatic rings. The summed E-state index contributed by atoms with van der Waals surface area (Å²) in [6, 6.07) is 5.03.